The van der Waals surface area contributed by atoms with Gasteiger partial charge in [0.05, 0.1) is 23.5 Å². The normalized spacial score (nSPS) is 21.0. The molecule has 1 aromatic carbocycles. The summed E-state index contributed by atoms with van der Waals surface area (Å²) in [7, 11) is 0. The molecular weight excluding hydrogens is 410 g/mol. The van der Waals surface area contributed by atoms with E-state index in [-0.39, 0.29) is 11.4 Å². The molecule has 2 aliphatic heterocycles. The number of nitrogens with zero attached hydrogens (tertiary/aromatic N) is 3. The Morgan fingerprint density at radius 1 is 1.19 bits per heavy atom. The maximum absolute atomic E-state index is 10.6. The number of fused-ring (bicyclic) bond motifs is 2. The van der Waals surface area contributed by atoms with E-state index in [2.05, 4.69) is 50.2 Å². The lowest BCUT2D eigenvalue weighted by Gasteiger charge is -2.35. The zero-order valence-electron chi connectivity index (χ0n) is 17.6. The van der Waals surface area contributed by atoms with Crippen molar-refractivity contribution in [3.63, 3.8) is 0 Å². The van der Waals surface area contributed by atoms with Crippen molar-refractivity contribution >= 4 is 23.2 Å². The van der Waals surface area contributed by atoms with Crippen LogP contribution >= 0.6 is 11.6 Å². The van der Waals surface area contributed by atoms with Crippen LogP contribution in [0.2, 0.25) is 5.02 Å². The van der Waals surface area contributed by atoms with Crippen LogP contribution in [0.25, 0.3) is 0 Å². The minimum absolute atomic E-state index is 0.126. The smallest absolute Gasteiger partial charge is 0.220 e. The van der Waals surface area contributed by atoms with Crippen molar-refractivity contribution in [3.8, 4) is 11.8 Å². The van der Waals surface area contributed by atoms with Gasteiger partial charge in [0.1, 0.15) is 5.60 Å². The molecule has 1 saturated carbocycles. The van der Waals surface area contributed by atoms with E-state index in [4.69, 9.17) is 17.3 Å². The zero-order valence-corrected chi connectivity index (χ0v) is 18.4. The van der Waals surface area contributed by atoms with Crippen LogP contribution < -0.4 is 16.0 Å². The number of aliphatic hydroxyl groups is 1. The largest absolute Gasteiger partial charge is 0.378 e. The molecule has 31 heavy (non-hydrogen) atoms. The van der Waals surface area contributed by atoms with Gasteiger partial charge in [0.2, 0.25) is 5.95 Å². The second kappa shape index (κ2) is 7.98. The van der Waals surface area contributed by atoms with E-state index in [0.717, 1.165) is 69.4 Å². The molecular formula is C24H28ClN5O. The molecule has 1 aliphatic carbocycles. The van der Waals surface area contributed by atoms with Gasteiger partial charge in [-0.1, -0.05) is 29.5 Å². The van der Waals surface area contributed by atoms with Crippen molar-refractivity contribution in [2.24, 2.45) is 0 Å². The average Bonchev–Trinajstić information content (AvgIpc) is 3.32. The summed E-state index contributed by atoms with van der Waals surface area (Å²) >= 11 is 6.38. The van der Waals surface area contributed by atoms with Crippen molar-refractivity contribution in [1.29, 1.82) is 0 Å². The van der Waals surface area contributed by atoms with Crippen molar-refractivity contribution < 1.29 is 5.11 Å². The number of nitrogen functional groups attached to an aromatic ring is 1. The van der Waals surface area contributed by atoms with Gasteiger partial charge < -0.3 is 21.1 Å². The summed E-state index contributed by atoms with van der Waals surface area (Å²) in [4.78, 5) is 10.7. The number of anilines is 2. The first-order valence-corrected chi connectivity index (χ1v) is 11.5. The Hall–Kier alpha value is -2.33. The Balaban J connectivity index is 1.51. The number of hydrogen-bond donors (Lipinski definition) is 3. The summed E-state index contributed by atoms with van der Waals surface area (Å²) < 4.78 is 0. The van der Waals surface area contributed by atoms with Crippen LogP contribution in [-0.4, -0.2) is 40.3 Å². The number of rotatable bonds is 2. The molecule has 1 aromatic heterocycles. The summed E-state index contributed by atoms with van der Waals surface area (Å²) in [5.41, 5.74) is 9.34. The van der Waals surface area contributed by atoms with Crippen LogP contribution in [-0.2, 0) is 12.0 Å². The number of piperidine rings is 1. The van der Waals surface area contributed by atoms with Gasteiger partial charge in [-0.15, -0.1) is 0 Å². The van der Waals surface area contributed by atoms with Crippen LogP contribution in [0.3, 0.4) is 0 Å². The molecule has 1 saturated heterocycles. The van der Waals surface area contributed by atoms with Crippen molar-refractivity contribution in [3.05, 3.63) is 46.2 Å². The molecule has 0 unspecified atom stereocenters. The molecule has 1 spiro atoms. The molecule has 0 bridgehead atoms. The zero-order chi connectivity index (χ0) is 21.5. The SMILES string of the molecule is Nc1ncc(Cl)c(CN2CC3(CCNCC3)c3ccc(C#CC4(O)CCCC4)cc32)n1. The molecule has 0 atom stereocenters. The van der Waals surface area contributed by atoms with Crippen molar-refractivity contribution in [2.75, 3.05) is 30.3 Å². The fourth-order valence-corrected chi connectivity index (χ4v) is 5.46. The van der Waals surface area contributed by atoms with Crippen LogP contribution in [0.15, 0.2) is 24.4 Å². The van der Waals surface area contributed by atoms with Gasteiger partial charge in [-0.25, -0.2) is 9.97 Å². The summed E-state index contributed by atoms with van der Waals surface area (Å²) in [6, 6.07) is 6.50. The minimum atomic E-state index is -0.832. The van der Waals surface area contributed by atoms with E-state index >= 15 is 0 Å². The van der Waals surface area contributed by atoms with Gasteiger partial charge in [0.25, 0.3) is 0 Å². The Kier molecular flexibility index (Phi) is 5.29. The Labute approximate surface area is 188 Å². The highest BCUT2D eigenvalue weighted by molar-refractivity contribution is 6.31. The second-order valence-corrected chi connectivity index (χ2v) is 9.54. The first-order chi connectivity index (χ1) is 15.0. The lowest BCUT2D eigenvalue weighted by atomic mass is 9.74. The minimum Gasteiger partial charge on any atom is -0.378 e. The predicted molar refractivity (Wildman–Crippen MR) is 123 cm³/mol. The molecule has 3 aliphatic rings. The number of nitrogens with one attached hydrogen (secondary N) is 1. The van der Waals surface area contributed by atoms with Gasteiger partial charge in [-0.2, -0.15) is 0 Å². The average molecular weight is 438 g/mol. The van der Waals surface area contributed by atoms with Gasteiger partial charge in [0, 0.05) is 23.2 Å². The van der Waals surface area contributed by atoms with E-state index in [9.17, 15) is 5.11 Å². The maximum atomic E-state index is 10.6. The van der Waals surface area contributed by atoms with Crippen LogP contribution in [0.5, 0.6) is 0 Å². The standard InChI is InChI=1S/C24H28ClN5O/c25-19-14-28-22(26)29-20(19)15-30-16-23(9-11-27-12-10-23)18-4-3-17(13-21(18)30)5-8-24(31)6-1-2-7-24/h3-4,13-14,27,31H,1-2,6-7,9-12,15-16H2,(H2,26,28,29). The highest BCUT2D eigenvalue weighted by Crippen LogP contribution is 2.47. The van der Waals surface area contributed by atoms with E-state index in [1.807, 2.05) is 0 Å². The first kappa shape index (κ1) is 20.6. The monoisotopic (exact) mass is 437 g/mol. The Morgan fingerprint density at radius 3 is 2.74 bits per heavy atom. The lowest BCUT2D eigenvalue weighted by molar-refractivity contribution is 0.110. The highest BCUT2D eigenvalue weighted by Gasteiger charge is 2.43. The number of aromatic nitrogens is 2. The first-order valence-electron chi connectivity index (χ1n) is 11.1. The quantitative estimate of drug-likeness (QED) is 0.626. The summed E-state index contributed by atoms with van der Waals surface area (Å²) in [6.45, 7) is 3.53. The Bertz CT molecular complexity index is 1050. The van der Waals surface area contributed by atoms with Crippen molar-refractivity contribution in [1.82, 2.24) is 15.3 Å². The van der Waals surface area contributed by atoms with Gasteiger partial charge in [0.15, 0.2) is 0 Å². The number of halogens is 1. The third-order valence-electron chi connectivity index (χ3n) is 7.01. The summed E-state index contributed by atoms with van der Waals surface area (Å²) in [6.07, 6.45) is 7.38. The summed E-state index contributed by atoms with van der Waals surface area (Å²) in [5.74, 6) is 6.61. The molecule has 6 nitrogen and oxygen atoms in total. The van der Waals surface area contributed by atoms with Crippen molar-refractivity contribution in [2.45, 2.75) is 56.1 Å². The predicted octanol–water partition coefficient (Wildman–Crippen LogP) is 3.01. The van der Waals surface area contributed by atoms with Gasteiger partial charge >= 0.3 is 0 Å². The number of hydrogen-bond acceptors (Lipinski definition) is 6. The molecule has 0 radical (unpaired) electrons. The third-order valence-corrected chi connectivity index (χ3v) is 7.33. The third kappa shape index (κ3) is 3.98. The van der Waals surface area contributed by atoms with Crippen LogP contribution in [0, 0.1) is 11.8 Å². The van der Waals surface area contributed by atoms with Crippen LogP contribution in [0.4, 0.5) is 11.6 Å². The van der Waals surface area contributed by atoms with Crippen LogP contribution in [0.1, 0.15) is 55.3 Å². The molecule has 7 heteroatoms. The molecule has 0 amide bonds. The molecule has 2 fully saturated rings. The molecule has 3 heterocycles. The lowest BCUT2D eigenvalue weighted by Crippen LogP contribution is -2.43. The van der Waals surface area contributed by atoms with E-state index in [0.29, 0.717) is 11.6 Å². The number of benzene rings is 1. The maximum Gasteiger partial charge on any atom is 0.220 e. The topological polar surface area (TPSA) is 87.3 Å². The van der Waals surface area contributed by atoms with E-state index < -0.39 is 5.60 Å². The fraction of sp³-hybridized carbons (Fsp3) is 0.500. The van der Waals surface area contributed by atoms with E-state index in [1.165, 1.54) is 11.3 Å². The number of nitrogens with two attached hydrogens (primary N) is 1. The molecule has 4 N–H and O–H groups in total. The van der Waals surface area contributed by atoms with Gasteiger partial charge in [-0.3, -0.25) is 0 Å². The summed E-state index contributed by atoms with van der Waals surface area (Å²) in [5, 5.41) is 14.6. The van der Waals surface area contributed by atoms with Gasteiger partial charge in [-0.05, 0) is 69.3 Å². The van der Waals surface area contributed by atoms with E-state index in [1.54, 1.807) is 6.20 Å². The highest BCUT2D eigenvalue weighted by atomic mass is 35.5. The second-order valence-electron chi connectivity index (χ2n) is 9.13. The molecule has 5 rings (SSSR count). The Morgan fingerprint density at radius 2 is 1.97 bits per heavy atom. The molecule has 2 aromatic rings. The molecule has 162 valence electrons. The fourth-order valence-electron chi connectivity index (χ4n) is 5.31.